The lowest BCUT2D eigenvalue weighted by atomic mass is 9.86. The number of aryl methyl sites for hydroxylation is 1. The second-order valence-corrected chi connectivity index (χ2v) is 7.07. The highest BCUT2D eigenvalue weighted by molar-refractivity contribution is 5.79. The minimum Gasteiger partial charge on any atom is -0.489 e. The number of benzene rings is 2. The molecule has 0 amide bonds. The molecule has 0 saturated carbocycles. The third-order valence-corrected chi connectivity index (χ3v) is 5.29. The van der Waals surface area contributed by atoms with Gasteiger partial charge in [-0.1, -0.05) is 30.3 Å². The highest BCUT2D eigenvalue weighted by Gasteiger charge is 2.21. The minimum absolute atomic E-state index is 0.302. The zero-order valence-corrected chi connectivity index (χ0v) is 16.0. The Morgan fingerprint density at radius 2 is 1.72 bits per heavy atom. The van der Waals surface area contributed by atoms with Gasteiger partial charge in [0.1, 0.15) is 29.8 Å². The number of fused-ring (bicyclic) bond motifs is 1. The highest BCUT2D eigenvalue weighted by Crippen LogP contribution is 2.36. The first-order valence-corrected chi connectivity index (χ1v) is 9.64. The predicted octanol–water partition coefficient (Wildman–Crippen LogP) is 4.53. The van der Waals surface area contributed by atoms with E-state index < -0.39 is 0 Å². The molecule has 2 N–H and O–H groups in total. The number of pyridine rings is 1. The van der Waals surface area contributed by atoms with E-state index in [0.29, 0.717) is 29.3 Å². The molecule has 0 saturated heterocycles. The lowest BCUT2D eigenvalue weighted by molar-refractivity contribution is 0.306. The van der Waals surface area contributed by atoms with Crippen LogP contribution in [0.5, 0.6) is 5.75 Å². The zero-order chi connectivity index (χ0) is 20.2. The first-order chi connectivity index (χ1) is 14.2. The number of nitriles is 2. The van der Waals surface area contributed by atoms with Gasteiger partial charge in [0.25, 0.3) is 0 Å². The molecule has 0 spiro atoms. The molecular formula is C24H20N4O. The maximum Gasteiger partial charge on any atom is 0.142 e. The topological polar surface area (TPSA) is 95.7 Å². The van der Waals surface area contributed by atoms with E-state index in [4.69, 9.17) is 10.5 Å². The van der Waals surface area contributed by atoms with E-state index >= 15 is 0 Å². The molecule has 0 aliphatic heterocycles. The van der Waals surface area contributed by atoms with Crippen LogP contribution >= 0.6 is 0 Å². The number of nitrogens with zero attached hydrogens (tertiary/aromatic N) is 3. The van der Waals surface area contributed by atoms with Gasteiger partial charge in [-0.3, -0.25) is 0 Å². The molecule has 5 nitrogen and oxygen atoms in total. The maximum atomic E-state index is 9.66. The van der Waals surface area contributed by atoms with Crippen LogP contribution < -0.4 is 10.5 Å². The average molecular weight is 380 g/mol. The Hall–Kier alpha value is -3.83. The number of hydrogen-bond acceptors (Lipinski definition) is 5. The first-order valence-electron chi connectivity index (χ1n) is 9.64. The molecule has 3 aromatic rings. The number of nitrogens with two attached hydrogens (primary N) is 1. The second kappa shape index (κ2) is 8.04. The van der Waals surface area contributed by atoms with Crippen LogP contribution in [0.3, 0.4) is 0 Å². The molecule has 0 fully saturated rings. The molecule has 5 heteroatoms. The van der Waals surface area contributed by atoms with Crippen molar-refractivity contribution in [2.75, 3.05) is 5.73 Å². The van der Waals surface area contributed by atoms with Crippen LogP contribution in [-0.2, 0) is 19.4 Å². The summed E-state index contributed by atoms with van der Waals surface area (Å²) < 4.78 is 5.87. The molecule has 0 atom stereocenters. The Balaban J connectivity index is 1.63. The molecule has 29 heavy (non-hydrogen) atoms. The molecule has 4 rings (SSSR count). The van der Waals surface area contributed by atoms with Crippen molar-refractivity contribution >= 4 is 5.82 Å². The van der Waals surface area contributed by atoms with Crippen molar-refractivity contribution in [2.45, 2.75) is 32.3 Å². The van der Waals surface area contributed by atoms with Gasteiger partial charge in [-0.05, 0) is 55.0 Å². The van der Waals surface area contributed by atoms with Gasteiger partial charge in [-0.15, -0.1) is 0 Å². The summed E-state index contributed by atoms with van der Waals surface area (Å²) in [5.74, 6) is 1.01. The second-order valence-electron chi connectivity index (χ2n) is 7.07. The molecule has 1 aliphatic rings. The van der Waals surface area contributed by atoms with Crippen LogP contribution in [-0.4, -0.2) is 4.98 Å². The summed E-state index contributed by atoms with van der Waals surface area (Å²) in [4.78, 5) is 4.47. The van der Waals surface area contributed by atoms with E-state index in [1.807, 2.05) is 42.5 Å². The van der Waals surface area contributed by atoms with E-state index in [2.05, 4.69) is 17.1 Å². The fourth-order valence-corrected chi connectivity index (χ4v) is 3.83. The molecule has 0 bridgehead atoms. The number of rotatable bonds is 4. The molecule has 0 radical (unpaired) electrons. The summed E-state index contributed by atoms with van der Waals surface area (Å²) >= 11 is 0. The van der Waals surface area contributed by atoms with Gasteiger partial charge in [-0.2, -0.15) is 10.5 Å². The number of nitrogen functional groups attached to an aromatic ring is 1. The Labute approximate surface area is 170 Å². The Kier molecular flexibility index (Phi) is 5.14. The minimum atomic E-state index is 0.302. The Morgan fingerprint density at radius 3 is 2.48 bits per heavy atom. The quantitative estimate of drug-likeness (QED) is 0.717. The molecule has 2 aromatic carbocycles. The van der Waals surface area contributed by atoms with Crippen molar-refractivity contribution in [1.29, 1.82) is 10.5 Å². The molecule has 1 aliphatic carbocycles. The normalized spacial score (nSPS) is 12.5. The van der Waals surface area contributed by atoms with Crippen LogP contribution in [0.1, 0.15) is 40.8 Å². The van der Waals surface area contributed by atoms with Crippen molar-refractivity contribution < 1.29 is 4.74 Å². The maximum absolute atomic E-state index is 9.66. The summed E-state index contributed by atoms with van der Waals surface area (Å²) in [5, 5.41) is 18.9. The van der Waals surface area contributed by atoms with Gasteiger partial charge in [0.15, 0.2) is 0 Å². The van der Waals surface area contributed by atoms with Gasteiger partial charge in [0, 0.05) is 16.8 Å². The molecule has 1 heterocycles. The van der Waals surface area contributed by atoms with Crippen LogP contribution in [0.2, 0.25) is 0 Å². The third kappa shape index (κ3) is 3.63. The number of ether oxygens (including phenoxy) is 1. The lowest BCUT2D eigenvalue weighted by Crippen LogP contribution is -2.11. The number of aromatic nitrogens is 1. The summed E-state index contributed by atoms with van der Waals surface area (Å²) in [5.41, 5.74) is 12.0. The summed E-state index contributed by atoms with van der Waals surface area (Å²) in [6, 6.07) is 19.5. The SMILES string of the molecule is N#Cc1ccccc1COc1ccc(-c2c(C#N)c(N)nc3c2CCCC3)cc1. The van der Waals surface area contributed by atoms with Gasteiger partial charge in [0.2, 0.25) is 0 Å². The average Bonchev–Trinajstić information content (AvgIpc) is 2.77. The number of anilines is 1. The monoisotopic (exact) mass is 380 g/mol. The van der Waals surface area contributed by atoms with Crippen LogP contribution in [0, 0.1) is 22.7 Å². The fraction of sp³-hybridized carbons (Fsp3) is 0.208. The standard InChI is InChI=1S/C24H20N4O/c25-13-17-5-1-2-6-18(17)15-29-19-11-9-16(10-12-19)23-20-7-3-4-8-22(20)28-24(27)21(23)14-26/h1-2,5-6,9-12H,3-4,7-8,15H2,(H2,27,28). The van der Waals surface area contributed by atoms with Crippen LogP contribution in [0.15, 0.2) is 48.5 Å². The Bertz CT molecular complexity index is 1140. The van der Waals surface area contributed by atoms with Crippen molar-refractivity contribution in [2.24, 2.45) is 0 Å². The van der Waals surface area contributed by atoms with E-state index in [1.165, 1.54) is 0 Å². The van der Waals surface area contributed by atoms with E-state index in [-0.39, 0.29) is 0 Å². The van der Waals surface area contributed by atoms with Crippen LogP contribution in [0.25, 0.3) is 11.1 Å². The smallest absolute Gasteiger partial charge is 0.142 e. The predicted molar refractivity (Wildman–Crippen MR) is 111 cm³/mol. The van der Waals surface area contributed by atoms with Crippen molar-refractivity contribution in [1.82, 2.24) is 4.98 Å². The van der Waals surface area contributed by atoms with Crippen molar-refractivity contribution in [3.8, 4) is 29.0 Å². The van der Waals surface area contributed by atoms with Gasteiger partial charge in [-0.25, -0.2) is 4.98 Å². The first kappa shape index (κ1) is 18.5. The molecule has 142 valence electrons. The zero-order valence-electron chi connectivity index (χ0n) is 16.0. The number of hydrogen-bond donors (Lipinski definition) is 1. The summed E-state index contributed by atoms with van der Waals surface area (Å²) in [6.07, 6.45) is 4.01. The van der Waals surface area contributed by atoms with Gasteiger partial charge < -0.3 is 10.5 Å². The fourth-order valence-electron chi connectivity index (χ4n) is 3.83. The molecular weight excluding hydrogens is 360 g/mol. The van der Waals surface area contributed by atoms with E-state index in [9.17, 15) is 10.5 Å². The van der Waals surface area contributed by atoms with E-state index in [1.54, 1.807) is 6.07 Å². The lowest BCUT2D eigenvalue weighted by Gasteiger charge is -2.21. The molecule has 0 unspecified atom stereocenters. The van der Waals surface area contributed by atoms with Crippen LogP contribution in [0.4, 0.5) is 5.82 Å². The van der Waals surface area contributed by atoms with Crippen molar-refractivity contribution in [3.05, 3.63) is 76.5 Å². The largest absolute Gasteiger partial charge is 0.489 e. The van der Waals surface area contributed by atoms with Crippen molar-refractivity contribution in [3.63, 3.8) is 0 Å². The van der Waals surface area contributed by atoms with Gasteiger partial charge >= 0.3 is 0 Å². The van der Waals surface area contributed by atoms with Gasteiger partial charge in [0.05, 0.1) is 11.6 Å². The van der Waals surface area contributed by atoms with E-state index in [0.717, 1.165) is 53.6 Å². The highest BCUT2D eigenvalue weighted by atomic mass is 16.5. The third-order valence-electron chi connectivity index (χ3n) is 5.29. The Morgan fingerprint density at radius 1 is 0.966 bits per heavy atom. The summed E-state index contributed by atoms with van der Waals surface area (Å²) in [6.45, 7) is 0.324. The summed E-state index contributed by atoms with van der Waals surface area (Å²) in [7, 11) is 0. The molecule has 1 aromatic heterocycles.